The van der Waals surface area contributed by atoms with Crippen molar-refractivity contribution in [2.75, 3.05) is 5.43 Å². The number of ether oxygens (including phenoxy) is 1. The van der Waals surface area contributed by atoms with Gasteiger partial charge in [-0.1, -0.05) is 13.8 Å². The molecule has 5 heteroatoms. The molecule has 1 atom stereocenters. The molecule has 1 unspecified atom stereocenters. The molecule has 0 radical (unpaired) electrons. The molecule has 3 N–H and O–H groups in total. The molecule has 0 aromatic carbocycles. The van der Waals surface area contributed by atoms with Gasteiger partial charge in [-0.2, -0.15) is 0 Å². The lowest BCUT2D eigenvalue weighted by molar-refractivity contribution is 0.0200. The van der Waals surface area contributed by atoms with E-state index in [4.69, 9.17) is 10.6 Å². The zero-order valence-electron chi connectivity index (χ0n) is 10.3. The van der Waals surface area contributed by atoms with Crippen molar-refractivity contribution in [3.8, 4) is 0 Å². The zero-order chi connectivity index (χ0) is 12.1. The van der Waals surface area contributed by atoms with Crippen LogP contribution in [-0.2, 0) is 11.3 Å². The number of nitrogens with one attached hydrogen (secondary N) is 1. The molecule has 0 aliphatic rings. The van der Waals surface area contributed by atoms with Gasteiger partial charge in [-0.15, -0.1) is 0 Å². The van der Waals surface area contributed by atoms with Crippen molar-refractivity contribution in [3.05, 3.63) is 17.6 Å². The number of nitrogen functional groups attached to an aromatic ring is 1. The topological polar surface area (TPSA) is 73.1 Å². The van der Waals surface area contributed by atoms with Crippen molar-refractivity contribution in [1.82, 2.24) is 9.97 Å². The number of aromatic nitrogens is 2. The molecule has 1 aromatic heterocycles. The molecule has 90 valence electrons. The second-order valence-electron chi connectivity index (χ2n) is 4.22. The summed E-state index contributed by atoms with van der Waals surface area (Å²) in [4.78, 5) is 8.49. The molecule has 1 heterocycles. The third kappa shape index (κ3) is 3.75. The highest BCUT2D eigenvalue weighted by Gasteiger charge is 2.09. The van der Waals surface area contributed by atoms with Crippen molar-refractivity contribution in [2.24, 2.45) is 11.8 Å². The molecule has 16 heavy (non-hydrogen) atoms. The molecule has 0 spiro atoms. The van der Waals surface area contributed by atoms with E-state index in [-0.39, 0.29) is 6.10 Å². The second kappa shape index (κ2) is 5.77. The van der Waals surface area contributed by atoms with Gasteiger partial charge in [0, 0.05) is 11.8 Å². The largest absolute Gasteiger partial charge is 0.370 e. The van der Waals surface area contributed by atoms with Crippen LogP contribution in [0.5, 0.6) is 0 Å². The van der Waals surface area contributed by atoms with E-state index in [2.05, 4.69) is 29.2 Å². The molecular weight excluding hydrogens is 204 g/mol. The third-order valence-corrected chi connectivity index (χ3v) is 2.46. The van der Waals surface area contributed by atoms with E-state index in [1.165, 1.54) is 0 Å². The van der Waals surface area contributed by atoms with E-state index in [1.807, 2.05) is 13.8 Å². The number of aryl methyl sites for hydroxylation is 1. The second-order valence-corrected chi connectivity index (χ2v) is 4.22. The summed E-state index contributed by atoms with van der Waals surface area (Å²) in [5, 5.41) is 0. The maximum absolute atomic E-state index is 5.65. The maximum atomic E-state index is 5.65. The minimum atomic E-state index is 0.193. The lowest BCUT2D eigenvalue weighted by atomic mass is 10.1. The Morgan fingerprint density at radius 2 is 2.06 bits per heavy atom. The van der Waals surface area contributed by atoms with Crippen LogP contribution in [0.15, 0.2) is 6.07 Å². The minimum Gasteiger partial charge on any atom is -0.370 e. The molecule has 0 fully saturated rings. The first-order chi connectivity index (χ1) is 7.52. The number of nitrogens with two attached hydrogens (primary N) is 1. The summed E-state index contributed by atoms with van der Waals surface area (Å²) in [5.41, 5.74) is 3.39. The van der Waals surface area contributed by atoms with Crippen LogP contribution < -0.4 is 11.3 Å². The number of hydrogen-bond donors (Lipinski definition) is 2. The van der Waals surface area contributed by atoms with Crippen LogP contribution in [-0.4, -0.2) is 16.1 Å². The van der Waals surface area contributed by atoms with Gasteiger partial charge in [-0.25, -0.2) is 15.8 Å². The van der Waals surface area contributed by atoms with Crippen molar-refractivity contribution < 1.29 is 4.74 Å². The van der Waals surface area contributed by atoms with Crippen LogP contribution in [0, 0.1) is 12.8 Å². The van der Waals surface area contributed by atoms with Gasteiger partial charge in [0.15, 0.2) is 5.82 Å². The Balaban J connectivity index is 2.63. The summed E-state index contributed by atoms with van der Waals surface area (Å²) in [5.74, 6) is 7.06. The van der Waals surface area contributed by atoms with Gasteiger partial charge in [0.25, 0.3) is 0 Å². The first-order valence-corrected chi connectivity index (χ1v) is 5.45. The van der Waals surface area contributed by atoms with Gasteiger partial charge >= 0.3 is 0 Å². The summed E-state index contributed by atoms with van der Waals surface area (Å²) in [7, 11) is 0. The summed E-state index contributed by atoms with van der Waals surface area (Å²) >= 11 is 0. The minimum absolute atomic E-state index is 0.193. The molecule has 0 aliphatic heterocycles. The quantitative estimate of drug-likeness (QED) is 0.587. The Kier molecular flexibility index (Phi) is 4.64. The maximum Gasteiger partial charge on any atom is 0.156 e. The van der Waals surface area contributed by atoms with E-state index in [1.54, 1.807) is 6.07 Å². The van der Waals surface area contributed by atoms with Crippen molar-refractivity contribution >= 4 is 5.82 Å². The third-order valence-electron chi connectivity index (χ3n) is 2.46. The molecular formula is C11H20N4O. The van der Waals surface area contributed by atoms with Gasteiger partial charge in [0.1, 0.15) is 12.4 Å². The van der Waals surface area contributed by atoms with E-state index in [0.29, 0.717) is 24.2 Å². The normalized spacial score (nSPS) is 12.9. The van der Waals surface area contributed by atoms with E-state index < -0.39 is 0 Å². The lowest BCUT2D eigenvalue weighted by Crippen LogP contribution is -2.17. The summed E-state index contributed by atoms with van der Waals surface area (Å²) < 4.78 is 5.65. The fraction of sp³-hybridized carbons (Fsp3) is 0.636. The van der Waals surface area contributed by atoms with Crippen LogP contribution in [0.1, 0.15) is 32.3 Å². The highest BCUT2D eigenvalue weighted by Crippen LogP contribution is 2.10. The highest BCUT2D eigenvalue weighted by molar-refractivity contribution is 5.33. The van der Waals surface area contributed by atoms with Gasteiger partial charge in [0.05, 0.1) is 6.10 Å². The number of nitrogens with zero attached hydrogens (tertiary/aromatic N) is 2. The Labute approximate surface area is 96.4 Å². The Morgan fingerprint density at radius 1 is 1.38 bits per heavy atom. The molecule has 5 nitrogen and oxygen atoms in total. The van der Waals surface area contributed by atoms with Crippen LogP contribution in [0.3, 0.4) is 0 Å². The van der Waals surface area contributed by atoms with E-state index >= 15 is 0 Å². The van der Waals surface area contributed by atoms with E-state index in [0.717, 1.165) is 5.69 Å². The fourth-order valence-electron chi connectivity index (χ4n) is 1.17. The van der Waals surface area contributed by atoms with Crippen molar-refractivity contribution in [1.29, 1.82) is 0 Å². The fourth-order valence-corrected chi connectivity index (χ4v) is 1.17. The van der Waals surface area contributed by atoms with Gasteiger partial charge in [-0.3, -0.25) is 0 Å². The predicted octanol–water partition coefficient (Wildman–Crippen LogP) is 1.63. The summed E-state index contributed by atoms with van der Waals surface area (Å²) in [6.45, 7) is 8.60. The SMILES string of the molecule is Cc1cc(NN)nc(COC(C)C(C)C)n1. The van der Waals surface area contributed by atoms with Gasteiger partial charge in [-0.05, 0) is 19.8 Å². The van der Waals surface area contributed by atoms with E-state index in [9.17, 15) is 0 Å². The van der Waals surface area contributed by atoms with Crippen molar-refractivity contribution in [2.45, 2.75) is 40.4 Å². The van der Waals surface area contributed by atoms with Crippen LogP contribution >= 0.6 is 0 Å². The van der Waals surface area contributed by atoms with Crippen LogP contribution in [0.2, 0.25) is 0 Å². The first-order valence-electron chi connectivity index (χ1n) is 5.45. The number of anilines is 1. The molecule has 0 saturated carbocycles. The van der Waals surface area contributed by atoms with Gasteiger partial charge < -0.3 is 10.2 Å². The Morgan fingerprint density at radius 3 is 2.62 bits per heavy atom. The number of hydrazine groups is 1. The highest BCUT2D eigenvalue weighted by atomic mass is 16.5. The first kappa shape index (κ1) is 12.9. The smallest absolute Gasteiger partial charge is 0.156 e. The molecule has 0 bridgehead atoms. The summed E-state index contributed by atoms with van der Waals surface area (Å²) in [6, 6.07) is 1.79. The molecule has 1 rings (SSSR count). The van der Waals surface area contributed by atoms with Crippen molar-refractivity contribution in [3.63, 3.8) is 0 Å². The molecule has 0 aliphatic carbocycles. The van der Waals surface area contributed by atoms with Crippen LogP contribution in [0.4, 0.5) is 5.82 Å². The Bertz CT molecular complexity index is 341. The molecule has 1 aromatic rings. The summed E-state index contributed by atoms with van der Waals surface area (Å²) in [6.07, 6.45) is 0.193. The van der Waals surface area contributed by atoms with Crippen LogP contribution in [0.25, 0.3) is 0 Å². The predicted molar refractivity (Wildman–Crippen MR) is 63.7 cm³/mol. The number of rotatable bonds is 5. The standard InChI is InChI=1S/C11H20N4O/c1-7(2)9(4)16-6-11-13-8(3)5-10(14-11)15-12/h5,7,9H,6,12H2,1-4H3,(H,13,14,15). The number of hydrogen-bond acceptors (Lipinski definition) is 5. The lowest BCUT2D eigenvalue weighted by Gasteiger charge is -2.16. The molecule has 0 amide bonds. The monoisotopic (exact) mass is 224 g/mol. The van der Waals surface area contributed by atoms with Gasteiger partial charge in [0.2, 0.25) is 0 Å². The zero-order valence-corrected chi connectivity index (χ0v) is 10.3. The Hall–Kier alpha value is -1.20. The molecule has 0 saturated heterocycles. The average molecular weight is 224 g/mol. The average Bonchev–Trinajstić information content (AvgIpc) is 2.24.